The van der Waals surface area contributed by atoms with Gasteiger partial charge in [-0.05, 0) is 31.0 Å². The Labute approximate surface area is 173 Å². The molecule has 0 spiro atoms. The lowest BCUT2D eigenvalue weighted by Crippen LogP contribution is -2.33. The summed E-state index contributed by atoms with van der Waals surface area (Å²) in [4.78, 5) is 36.8. The SMILES string of the molecule is Cc1c(C(=O)N[C@H](c2cc(=O)[nH]c(-c3ccccn3)n2)C(C)C)oc2ccccc12. The predicted octanol–water partition coefficient (Wildman–Crippen LogP) is 4.01. The fourth-order valence-corrected chi connectivity index (χ4v) is 3.44. The first kappa shape index (κ1) is 19.6. The van der Waals surface area contributed by atoms with Crippen LogP contribution in [0.4, 0.5) is 0 Å². The fourth-order valence-electron chi connectivity index (χ4n) is 3.44. The Balaban J connectivity index is 1.69. The summed E-state index contributed by atoms with van der Waals surface area (Å²) in [7, 11) is 0. The van der Waals surface area contributed by atoms with Gasteiger partial charge in [0, 0.05) is 23.2 Å². The maximum Gasteiger partial charge on any atom is 0.287 e. The molecule has 152 valence electrons. The molecule has 0 bridgehead atoms. The van der Waals surface area contributed by atoms with Gasteiger partial charge in [0.05, 0.1) is 11.7 Å². The molecule has 0 unspecified atom stereocenters. The lowest BCUT2D eigenvalue weighted by molar-refractivity contribution is 0.0897. The maximum atomic E-state index is 13.0. The minimum atomic E-state index is -0.477. The van der Waals surface area contributed by atoms with E-state index in [1.807, 2.05) is 51.1 Å². The van der Waals surface area contributed by atoms with E-state index < -0.39 is 6.04 Å². The molecule has 4 rings (SSSR count). The maximum absolute atomic E-state index is 13.0. The van der Waals surface area contributed by atoms with E-state index in [-0.39, 0.29) is 23.1 Å². The molecule has 0 fully saturated rings. The molecule has 3 aromatic heterocycles. The smallest absolute Gasteiger partial charge is 0.287 e. The van der Waals surface area contributed by atoms with E-state index in [0.29, 0.717) is 22.8 Å². The van der Waals surface area contributed by atoms with Crippen molar-refractivity contribution in [2.75, 3.05) is 0 Å². The molecule has 4 aromatic rings. The van der Waals surface area contributed by atoms with Crippen LogP contribution in [0, 0.1) is 12.8 Å². The number of carbonyl (C=O) groups excluding carboxylic acids is 1. The van der Waals surface area contributed by atoms with E-state index in [2.05, 4.69) is 20.3 Å². The van der Waals surface area contributed by atoms with Crippen LogP contribution in [-0.2, 0) is 0 Å². The third-order valence-electron chi connectivity index (χ3n) is 4.99. The molecule has 2 N–H and O–H groups in total. The molecular weight excluding hydrogens is 380 g/mol. The van der Waals surface area contributed by atoms with E-state index in [4.69, 9.17) is 4.42 Å². The van der Waals surface area contributed by atoms with Crippen LogP contribution in [0.5, 0.6) is 0 Å². The van der Waals surface area contributed by atoms with Crippen molar-refractivity contribution in [1.29, 1.82) is 0 Å². The van der Waals surface area contributed by atoms with Crippen LogP contribution < -0.4 is 10.9 Å². The fraction of sp³-hybridized carbons (Fsp3) is 0.217. The van der Waals surface area contributed by atoms with Gasteiger partial charge in [0.25, 0.3) is 11.5 Å². The second-order valence-electron chi connectivity index (χ2n) is 7.48. The highest BCUT2D eigenvalue weighted by Gasteiger charge is 2.25. The molecular formula is C23H22N4O3. The number of rotatable bonds is 5. The largest absolute Gasteiger partial charge is 0.451 e. The minimum Gasteiger partial charge on any atom is -0.451 e. The Morgan fingerprint density at radius 1 is 1.13 bits per heavy atom. The van der Waals surface area contributed by atoms with Crippen molar-refractivity contribution in [1.82, 2.24) is 20.3 Å². The van der Waals surface area contributed by atoms with Gasteiger partial charge in [-0.2, -0.15) is 0 Å². The summed E-state index contributed by atoms with van der Waals surface area (Å²) in [6.45, 7) is 5.77. The Bertz CT molecular complexity index is 1260. The first-order chi connectivity index (χ1) is 14.4. The second kappa shape index (κ2) is 7.94. The first-order valence-corrected chi connectivity index (χ1v) is 9.75. The summed E-state index contributed by atoms with van der Waals surface area (Å²) < 4.78 is 5.78. The van der Waals surface area contributed by atoms with Crippen LogP contribution >= 0.6 is 0 Å². The van der Waals surface area contributed by atoms with Crippen LogP contribution in [0.2, 0.25) is 0 Å². The quantitative estimate of drug-likeness (QED) is 0.525. The van der Waals surface area contributed by atoms with Crippen LogP contribution in [0.25, 0.3) is 22.5 Å². The highest BCUT2D eigenvalue weighted by molar-refractivity contribution is 5.99. The van der Waals surface area contributed by atoms with Gasteiger partial charge in [-0.1, -0.05) is 38.1 Å². The number of carbonyl (C=O) groups is 1. The van der Waals surface area contributed by atoms with Crippen molar-refractivity contribution in [2.45, 2.75) is 26.8 Å². The van der Waals surface area contributed by atoms with Crippen molar-refractivity contribution < 1.29 is 9.21 Å². The zero-order valence-corrected chi connectivity index (χ0v) is 17.0. The molecule has 7 nitrogen and oxygen atoms in total. The van der Waals surface area contributed by atoms with Crippen LogP contribution in [0.1, 0.15) is 41.7 Å². The summed E-state index contributed by atoms with van der Waals surface area (Å²) in [5.41, 5.74) is 2.15. The van der Waals surface area contributed by atoms with Crippen LogP contribution in [0.15, 0.2) is 63.9 Å². The van der Waals surface area contributed by atoms with Crippen molar-refractivity contribution in [3.05, 3.63) is 82.1 Å². The Hall–Kier alpha value is -3.74. The van der Waals surface area contributed by atoms with Gasteiger partial charge in [0.15, 0.2) is 11.6 Å². The predicted molar refractivity (Wildman–Crippen MR) is 114 cm³/mol. The van der Waals surface area contributed by atoms with E-state index in [9.17, 15) is 9.59 Å². The van der Waals surface area contributed by atoms with Gasteiger partial charge in [0.1, 0.15) is 11.3 Å². The average Bonchev–Trinajstić information content (AvgIpc) is 3.09. The van der Waals surface area contributed by atoms with Crippen molar-refractivity contribution >= 4 is 16.9 Å². The third-order valence-corrected chi connectivity index (χ3v) is 4.99. The number of pyridine rings is 1. The molecule has 0 saturated heterocycles. The standard InChI is InChI=1S/C23H22N4O3/c1-13(2)20(17-12-19(28)26-22(25-17)16-9-6-7-11-24-16)27-23(29)21-14(3)15-8-4-5-10-18(15)30-21/h4-13,20H,1-3H3,(H,27,29)(H,25,26,28)/t20-/m0/s1. The van der Waals surface area contributed by atoms with E-state index >= 15 is 0 Å². The summed E-state index contributed by atoms with van der Waals surface area (Å²) in [6.07, 6.45) is 1.63. The monoisotopic (exact) mass is 402 g/mol. The number of H-pyrrole nitrogens is 1. The molecule has 0 aliphatic rings. The van der Waals surface area contributed by atoms with Gasteiger partial charge in [-0.15, -0.1) is 0 Å². The number of fused-ring (bicyclic) bond motifs is 1. The number of para-hydroxylation sites is 1. The molecule has 7 heteroatoms. The zero-order chi connectivity index (χ0) is 21.3. The molecule has 0 aliphatic heterocycles. The van der Waals surface area contributed by atoms with Gasteiger partial charge in [-0.25, -0.2) is 4.98 Å². The van der Waals surface area contributed by atoms with Crippen LogP contribution in [0.3, 0.4) is 0 Å². The normalized spacial score (nSPS) is 12.3. The number of hydrogen-bond acceptors (Lipinski definition) is 5. The topological polar surface area (TPSA) is 101 Å². The highest BCUT2D eigenvalue weighted by Crippen LogP contribution is 2.27. The molecule has 0 radical (unpaired) electrons. The van der Waals surface area contributed by atoms with Crippen molar-refractivity contribution in [3.8, 4) is 11.5 Å². The summed E-state index contributed by atoms with van der Waals surface area (Å²) >= 11 is 0. The van der Waals surface area contributed by atoms with Crippen LogP contribution in [-0.4, -0.2) is 20.9 Å². The molecule has 0 saturated carbocycles. The second-order valence-corrected chi connectivity index (χ2v) is 7.48. The van der Waals surface area contributed by atoms with Gasteiger partial charge < -0.3 is 14.7 Å². The number of aromatic nitrogens is 3. The Kier molecular flexibility index (Phi) is 5.18. The zero-order valence-electron chi connectivity index (χ0n) is 17.0. The minimum absolute atomic E-state index is 0.00971. The molecule has 3 heterocycles. The van der Waals surface area contributed by atoms with Gasteiger partial charge in [0.2, 0.25) is 0 Å². The van der Waals surface area contributed by atoms with E-state index in [1.54, 1.807) is 18.3 Å². The number of hydrogen-bond donors (Lipinski definition) is 2. The van der Waals surface area contributed by atoms with Crippen molar-refractivity contribution in [2.24, 2.45) is 5.92 Å². The number of aromatic amines is 1. The number of nitrogens with zero attached hydrogens (tertiary/aromatic N) is 2. The van der Waals surface area contributed by atoms with E-state index in [0.717, 1.165) is 10.9 Å². The number of nitrogens with one attached hydrogen (secondary N) is 2. The number of amides is 1. The van der Waals surface area contributed by atoms with Gasteiger partial charge in [-0.3, -0.25) is 14.6 Å². The van der Waals surface area contributed by atoms with Gasteiger partial charge >= 0.3 is 0 Å². The molecule has 1 amide bonds. The molecule has 1 atom stereocenters. The first-order valence-electron chi connectivity index (χ1n) is 9.75. The Morgan fingerprint density at radius 2 is 1.90 bits per heavy atom. The lowest BCUT2D eigenvalue weighted by Gasteiger charge is -2.21. The van der Waals surface area contributed by atoms with Crippen molar-refractivity contribution in [3.63, 3.8) is 0 Å². The number of aryl methyl sites for hydroxylation is 1. The average molecular weight is 402 g/mol. The summed E-state index contributed by atoms with van der Waals surface area (Å²) in [5.74, 6) is 0.267. The third kappa shape index (κ3) is 3.74. The lowest BCUT2D eigenvalue weighted by atomic mass is 10.00. The molecule has 0 aliphatic carbocycles. The number of furan rings is 1. The summed E-state index contributed by atoms with van der Waals surface area (Å²) in [6, 6.07) is 13.8. The molecule has 30 heavy (non-hydrogen) atoms. The Morgan fingerprint density at radius 3 is 2.60 bits per heavy atom. The number of benzene rings is 1. The van der Waals surface area contributed by atoms with E-state index in [1.165, 1.54) is 6.07 Å². The molecule has 1 aromatic carbocycles. The summed E-state index contributed by atoms with van der Waals surface area (Å²) in [5, 5.41) is 3.89. The highest BCUT2D eigenvalue weighted by atomic mass is 16.3.